The van der Waals surface area contributed by atoms with E-state index in [4.69, 9.17) is 14.2 Å². The number of carbonyl (C=O) groups excluding carboxylic acids is 1. The molecule has 156 valence electrons. The lowest BCUT2D eigenvalue weighted by atomic mass is 10.1. The Labute approximate surface area is 171 Å². The third-order valence-corrected chi connectivity index (χ3v) is 4.79. The van der Waals surface area contributed by atoms with Crippen LogP contribution in [0.15, 0.2) is 24.3 Å². The normalized spacial score (nSPS) is 16.3. The molecule has 0 radical (unpaired) electrons. The number of methoxy groups -OCH3 is 2. The Hall–Kier alpha value is -3.03. The first kappa shape index (κ1) is 20.7. The molecule has 1 aliphatic rings. The molecule has 0 aliphatic carbocycles. The molecule has 1 aromatic carbocycles. The van der Waals surface area contributed by atoms with Gasteiger partial charge in [0.05, 0.1) is 20.8 Å². The number of amides is 2. The molecule has 2 aromatic rings. The number of benzene rings is 1. The maximum absolute atomic E-state index is 12.6. The molecular formula is C21H28N4O4. The van der Waals surface area contributed by atoms with Crippen molar-refractivity contribution in [1.82, 2.24) is 20.2 Å². The lowest BCUT2D eigenvalue weighted by Crippen LogP contribution is -2.48. The van der Waals surface area contributed by atoms with Crippen molar-refractivity contribution in [3.05, 3.63) is 41.3 Å². The highest BCUT2D eigenvalue weighted by atomic mass is 16.5. The van der Waals surface area contributed by atoms with Crippen LogP contribution < -0.4 is 19.5 Å². The molecule has 1 fully saturated rings. The largest absolute Gasteiger partial charge is 0.493 e. The van der Waals surface area contributed by atoms with E-state index in [1.807, 2.05) is 38.1 Å². The molecule has 3 rings (SSSR count). The fraction of sp³-hybridized carbons (Fsp3) is 0.476. The summed E-state index contributed by atoms with van der Waals surface area (Å²) in [5.41, 5.74) is 1.81. The Morgan fingerprint density at radius 1 is 1.17 bits per heavy atom. The van der Waals surface area contributed by atoms with Gasteiger partial charge in [0.2, 0.25) is 5.88 Å². The summed E-state index contributed by atoms with van der Waals surface area (Å²) in [5, 5.41) is 2.97. The fourth-order valence-corrected chi connectivity index (χ4v) is 3.41. The first-order chi connectivity index (χ1) is 14.0. The molecular weight excluding hydrogens is 372 g/mol. The summed E-state index contributed by atoms with van der Waals surface area (Å²) < 4.78 is 16.6. The predicted molar refractivity (Wildman–Crippen MR) is 109 cm³/mol. The molecule has 1 unspecified atom stereocenters. The van der Waals surface area contributed by atoms with Crippen LogP contribution in [0, 0.1) is 13.8 Å². The number of aryl methyl sites for hydroxylation is 2. The van der Waals surface area contributed by atoms with Crippen molar-refractivity contribution in [2.45, 2.75) is 39.3 Å². The van der Waals surface area contributed by atoms with E-state index in [1.165, 1.54) is 0 Å². The van der Waals surface area contributed by atoms with Crippen LogP contribution in [0.3, 0.4) is 0 Å². The summed E-state index contributed by atoms with van der Waals surface area (Å²) in [7, 11) is 3.19. The van der Waals surface area contributed by atoms with Gasteiger partial charge in [0, 0.05) is 24.8 Å². The molecule has 2 heterocycles. The van der Waals surface area contributed by atoms with E-state index >= 15 is 0 Å². The van der Waals surface area contributed by atoms with Crippen LogP contribution in [0.2, 0.25) is 0 Å². The van der Waals surface area contributed by atoms with Crippen LogP contribution >= 0.6 is 0 Å². The molecule has 0 saturated carbocycles. The highest BCUT2D eigenvalue weighted by molar-refractivity contribution is 5.74. The molecule has 2 amide bonds. The number of ether oxygens (including phenoxy) is 3. The van der Waals surface area contributed by atoms with Crippen molar-refractivity contribution >= 4 is 6.03 Å². The van der Waals surface area contributed by atoms with Crippen molar-refractivity contribution in [2.24, 2.45) is 0 Å². The van der Waals surface area contributed by atoms with Gasteiger partial charge in [0.1, 0.15) is 11.9 Å². The first-order valence-corrected chi connectivity index (χ1v) is 9.71. The van der Waals surface area contributed by atoms with E-state index in [-0.39, 0.29) is 12.1 Å². The Morgan fingerprint density at radius 3 is 2.69 bits per heavy atom. The van der Waals surface area contributed by atoms with E-state index < -0.39 is 0 Å². The van der Waals surface area contributed by atoms with Crippen molar-refractivity contribution in [2.75, 3.05) is 27.3 Å². The van der Waals surface area contributed by atoms with Gasteiger partial charge >= 0.3 is 6.03 Å². The van der Waals surface area contributed by atoms with Crippen LogP contribution in [0.5, 0.6) is 17.4 Å². The van der Waals surface area contributed by atoms with Gasteiger partial charge in [-0.2, -0.15) is 4.98 Å². The SMILES string of the molecule is COc1ccc(CNC(=O)N2CCCC(Oc3cc(C)nc(C)n3)C2)cc1OC. The van der Waals surface area contributed by atoms with E-state index in [0.717, 1.165) is 24.1 Å². The topological polar surface area (TPSA) is 85.8 Å². The van der Waals surface area contributed by atoms with Crippen LogP contribution in [0.1, 0.15) is 29.9 Å². The summed E-state index contributed by atoms with van der Waals surface area (Å²) in [6, 6.07) is 7.31. The molecule has 1 aliphatic heterocycles. The third kappa shape index (κ3) is 5.49. The molecule has 0 spiro atoms. The number of carbonyl (C=O) groups is 1. The van der Waals surface area contributed by atoms with Crippen LogP contribution in [0.25, 0.3) is 0 Å². The maximum atomic E-state index is 12.6. The van der Waals surface area contributed by atoms with E-state index in [9.17, 15) is 4.79 Å². The number of nitrogens with zero attached hydrogens (tertiary/aromatic N) is 3. The smallest absolute Gasteiger partial charge is 0.317 e. The zero-order chi connectivity index (χ0) is 20.8. The van der Waals surface area contributed by atoms with E-state index in [1.54, 1.807) is 19.1 Å². The van der Waals surface area contributed by atoms with E-state index in [0.29, 0.717) is 42.8 Å². The molecule has 8 nitrogen and oxygen atoms in total. The summed E-state index contributed by atoms with van der Waals surface area (Å²) >= 11 is 0. The number of hydrogen-bond acceptors (Lipinski definition) is 6. The van der Waals surface area contributed by atoms with Gasteiger partial charge in [-0.05, 0) is 44.4 Å². The fourth-order valence-electron chi connectivity index (χ4n) is 3.41. The number of aromatic nitrogens is 2. The maximum Gasteiger partial charge on any atom is 0.317 e. The minimum Gasteiger partial charge on any atom is -0.493 e. The Kier molecular flexibility index (Phi) is 6.74. The zero-order valence-electron chi connectivity index (χ0n) is 17.4. The van der Waals surface area contributed by atoms with Crippen LogP contribution in [-0.2, 0) is 6.54 Å². The van der Waals surface area contributed by atoms with Gasteiger partial charge in [-0.3, -0.25) is 0 Å². The van der Waals surface area contributed by atoms with Crippen LogP contribution in [-0.4, -0.2) is 54.3 Å². The highest BCUT2D eigenvalue weighted by Crippen LogP contribution is 2.27. The number of rotatable bonds is 6. The summed E-state index contributed by atoms with van der Waals surface area (Å²) in [5.74, 6) is 2.54. The molecule has 1 atom stereocenters. The first-order valence-electron chi connectivity index (χ1n) is 9.71. The summed E-state index contributed by atoms with van der Waals surface area (Å²) in [6.45, 7) is 5.40. The summed E-state index contributed by atoms with van der Waals surface area (Å²) in [4.78, 5) is 23.0. The number of likely N-dealkylation sites (tertiary alicyclic amines) is 1. The number of urea groups is 1. The monoisotopic (exact) mass is 400 g/mol. The molecule has 1 N–H and O–H groups in total. The quantitative estimate of drug-likeness (QED) is 0.803. The second-order valence-electron chi connectivity index (χ2n) is 7.07. The molecule has 0 bridgehead atoms. The van der Waals surface area contributed by atoms with Gasteiger partial charge in [0.25, 0.3) is 0 Å². The van der Waals surface area contributed by atoms with Crippen molar-refractivity contribution in [3.8, 4) is 17.4 Å². The van der Waals surface area contributed by atoms with Gasteiger partial charge in [-0.15, -0.1) is 0 Å². The third-order valence-electron chi connectivity index (χ3n) is 4.79. The Morgan fingerprint density at radius 2 is 1.97 bits per heavy atom. The Balaban J connectivity index is 1.55. The van der Waals surface area contributed by atoms with Gasteiger partial charge < -0.3 is 24.4 Å². The van der Waals surface area contributed by atoms with E-state index in [2.05, 4.69) is 15.3 Å². The predicted octanol–water partition coefficient (Wildman–Crippen LogP) is 2.86. The minimum absolute atomic E-state index is 0.0794. The lowest BCUT2D eigenvalue weighted by Gasteiger charge is -2.32. The minimum atomic E-state index is -0.108. The standard InChI is InChI=1S/C21H28N4O4/c1-14-10-20(24-15(2)23-14)29-17-6-5-9-25(13-17)21(26)22-12-16-7-8-18(27-3)19(11-16)28-4/h7-8,10-11,17H,5-6,9,12-13H2,1-4H3,(H,22,26). The number of hydrogen-bond donors (Lipinski definition) is 1. The van der Waals surface area contributed by atoms with Crippen LogP contribution in [0.4, 0.5) is 4.79 Å². The zero-order valence-corrected chi connectivity index (χ0v) is 17.4. The average molecular weight is 400 g/mol. The highest BCUT2D eigenvalue weighted by Gasteiger charge is 2.25. The molecule has 8 heteroatoms. The Bertz CT molecular complexity index is 838. The summed E-state index contributed by atoms with van der Waals surface area (Å²) in [6.07, 6.45) is 1.70. The van der Waals surface area contributed by atoms with Gasteiger partial charge in [-0.25, -0.2) is 9.78 Å². The second-order valence-corrected chi connectivity index (χ2v) is 7.07. The molecule has 1 aromatic heterocycles. The average Bonchev–Trinajstić information content (AvgIpc) is 2.71. The lowest BCUT2D eigenvalue weighted by molar-refractivity contribution is 0.0974. The number of piperidine rings is 1. The van der Waals surface area contributed by atoms with Crippen molar-refractivity contribution in [3.63, 3.8) is 0 Å². The molecule has 29 heavy (non-hydrogen) atoms. The molecule has 1 saturated heterocycles. The van der Waals surface area contributed by atoms with Crippen molar-refractivity contribution < 1.29 is 19.0 Å². The van der Waals surface area contributed by atoms with Gasteiger partial charge in [0.15, 0.2) is 11.5 Å². The van der Waals surface area contributed by atoms with Gasteiger partial charge in [-0.1, -0.05) is 6.07 Å². The number of nitrogens with one attached hydrogen (secondary N) is 1. The van der Waals surface area contributed by atoms with Crippen molar-refractivity contribution in [1.29, 1.82) is 0 Å². The second kappa shape index (κ2) is 9.45.